The molecule has 0 saturated carbocycles. The third-order valence-electron chi connectivity index (χ3n) is 7.25. The largest absolute Gasteiger partial charge is 4.00 e. The molecule has 0 bridgehead atoms. The van der Waals surface area contributed by atoms with Crippen LogP contribution in [0.15, 0.2) is 158 Å². The van der Waals surface area contributed by atoms with Crippen LogP contribution in [0, 0.1) is 26.5 Å². The third kappa shape index (κ3) is 8.55. The molecule has 0 spiro atoms. The topological polar surface area (TPSA) is 63.8 Å². The van der Waals surface area contributed by atoms with Crippen molar-refractivity contribution in [2.75, 3.05) is 0 Å². The molecule has 0 aliphatic rings. The first kappa shape index (κ1) is 36.4. The van der Waals surface area contributed by atoms with E-state index in [1.807, 2.05) is 119 Å². The van der Waals surface area contributed by atoms with Crippen molar-refractivity contribution >= 4 is 45.1 Å². The molecule has 4 aromatic carbocycles. The van der Waals surface area contributed by atoms with Crippen molar-refractivity contribution in [1.82, 2.24) is 19.1 Å². The number of nitrogens with zero attached hydrogens (tertiary/aromatic N) is 6. The zero-order valence-corrected chi connectivity index (χ0v) is 30.5. The van der Waals surface area contributed by atoms with Crippen LogP contribution < -0.4 is 0 Å². The Balaban J connectivity index is 0.000000208. The third-order valence-corrected chi connectivity index (χ3v) is 7.25. The van der Waals surface area contributed by atoms with Gasteiger partial charge in [-0.15, -0.1) is 0 Å². The summed E-state index contributed by atoms with van der Waals surface area (Å²) in [6, 6.07) is 43.9. The number of para-hydroxylation sites is 2. The van der Waals surface area contributed by atoms with Gasteiger partial charge in [-0.05, 0) is 82.8 Å². The van der Waals surface area contributed by atoms with Gasteiger partial charge in [0.1, 0.15) is 11.6 Å². The monoisotopic (exact) mass is 814 g/mol. The molecule has 0 fully saturated rings. The maximum absolute atomic E-state index is 13.0. The maximum atomic E-state index is 13.0. The van der Waals surface area contributed by atoms with Crippen LogP contribution in [0.4, 0.5) is 31.8 Å². The van der Waals surface area contributed by atoms with Gasteiger partial charge >= 0.3 is 25.8 Å². The number of fused-ring (bicyclic) bond motifs is 2. The van der Waals surface area contributed by atoms with Gasteiger partial charge in [-0.1, -0.05) is 96.6 Å². The fourth-order valence-corrected chi connectivity index (χ4v) is 5.01. The smallest absolute Gasteiger partial charge is 0.436 e. The van der Waals surface area contributed by atoms with E-state index in [9.17, 15) is 8.78 Å². The Morgan fingerprint density at radius 3 is 1.16 bits per heavy atom. The van der Waals surface area contributed by atoms with Crippen LogP contribution in [0.1, 0.15) is 0 Å². The Labute approximate surface area is 303 Å². The first-order valence-corrected chi connectivity index (χ1v) is 14.6. The van der Waals surface area contributed by atoms with Crippen molar-refractivity contribution in [3.63, 3.8) is 0 Å². The van der Waals surface area contributed by atoms with E-state index in [1.54, 1.807) is 24.3 Å². The van der Waals surface area contributed by atoms with E-state index in [2.05, 4.69) is 20.6 Å². The van der Waals surface area contributed by atoms with Gasteiger partial charge < -0.3 is 44.6 Å². The van der Waals surface area contributed by atoms with Gasteiger partial charge in [-0.25, -0.2) is 8.78 Å². The second kappa shape index (κ2) is 16.6. The number of rotatable bonds is 6. The summed E-state index contributed by atoms with van der Waals surface area (Å²) in [5.41, 5.74) is 5.15. The molecule has 240 valence electrons. The summed E-state index contributed by atoms with van der Waals surface area (Å²) in [6.45, 7) is 0. The van der Waals surface area contributed by atoms with Crippen LogP contribution in [0.2, 0.25) is 0 Å². The number of hydrogen-bond acceptors (Lipinski definition) is 2. The predicted octanol–water partition coefficient (Wildman–Crippen LogP) is 11.9. The molecular formula is C40H32F2HfN6. The minimum absolute atomic E-state index is 0. The average molecular weight is 813 g/mol. The maximum Gasteiger partial charge on any atom is 4.00 e. The van der Waals surface area contributed by atoms with Crippen LogP contribution in [0.25, 0.3) is 44.1 Å². The summed E-state index contributed by atoms with van der Waals surface area (Å²) in [5, 5.41) is 11.0. The summed E-state index contributed by atoms with van der Waals surface area (Å²) in [4.78, 5) is 9.26. The van der Waals surface area contributed by atoms with Gasteiger partial charge in [0.05, 0.1) is 0 Å². The molecular weight excluding hydrogens is 781 g/mol. The first-order valence-electron chi connectivity index (χ1n) is 14.6. The molecule has 8 rings (SSSR count). The van der Waals surface area contributed by atoms with Crippen molar-refractivity contribution < 1.29 is 34.6 Å². The van der Waals surface area contributed by atoms with Gasteiger partial charge in [0.25, 0.3) is 0 Å². The van der Waals surface area contributed by atoms with Crippen molar-refractivity contribution in [2.24, 2.45) is 0 Å². The second-order valence-corrected chi connectivity index (χ2v) is 10.4. The quantitative estimate of drug-likeness (QED) is 0.124. The molecule has 49 heavy (non-hydrogen) atoms. The van der Waals surface area contributed by atoms with E-state index in [4.69, 9.17) is 0 Å². The van der Waals surface area contributed by atoms with E-state index in [0.29, 0.717) is 23.0 Å². The molecule has 0 atom stereocenters. The molecule has 0 aliphatic carbocycles. The molecule has 0 amide bonds. The Morgan fingerprint density at radius 1 is 0.429 bits per heavy atom. The molecule has 0 N–H and O–H groups in total. The Bertz CT molecular complexity index is 2060. The van der Waals surface area contributed by atoms with Crippen LogP contribution in [0.5, 0.6) is 0 Å². The summed E-state index contributed by atoms with van der Waals surface area (Å²) in [5.74, 6) is 0.649. The van der Waals surface area contributed by atoms with E-state index in [-0.39, 0.29) is 52.3 Å². The standard InChI is InChI=1S/2C19H13FN3.2CH3.Hf/c2*20-15-7-9-16(10-8-15)21-18-11-6-14-12-13-23(19(14)22-18)17-4-2-1-3-5-17;;;/h2*1-13H;2*1H3;/q4*-1;+4. The molecule has 4 aromatic heterocycles. The normalized spacial score (nSPS) is 10.2. The number of halogens is 2. The summed E-state index contributed by atoms with van der Waals surface area (Å²) in [6.07, 6.45) is 3.99. The average Bonchev–Trinajstić information content (AvgIpc) is 3.72. The Kier molecular flexibility index (Phi) is 12.4. The molecule has 0 radical (unpaired) electrons. The van der Waals surface area contributed by atoms with Gasteiger partial charge in [0.15, 0.2) is 0 Å². The summed E-state index contributed by atoms with van der Waals surface area (Å²) < 4.78 is 30.0. The zero-order chi connectivity index (χ0) is 31.3. The van der Waals surface area contributed by atoms with Crippen molar-refractivity contribution in [3.8, 4) is 11.4 Å². The summed E-state index contributed by atoms with van der Waals surface area (Å²) >= 11 is 0. The van der Waals surface area contributed by atoms with Gasteiger partial charge in [0.2, 0.25) is 0 Å². The fourth-order valence-electron chi connectivity index (χ4n) is 5.01. The Hall–Kier alpha value is -5.41. The molecule has 0 aliphatic heterocycles. The zero-order valence-electron chi connectivity index (χ0n) is 27.0. The Morgan fingerprint density at radius 2 is 0.796 bits per heavy atom. The van der Waals surface area contributed by atoms with E-state index >= 15 is 0 Å². The van der Waals surface area contributed by atoms with Crippen LogP contribution in [0.3, 0.4) is 0 Å². The molecule has 9 heteroatoms. The van der Waals surface area contributed by atoms with Gasteiger partial charge in [-0.3, -0.25) is 0 Å². The van der Waals surface area contributed by atoms with Crippen molar-refractivity contribution in [2.45, 2.75) is 0 Å². The van der Waals surface area contributed by atoms with Gasteiger partial charge in [-0.2, -0.15) is 0 Å². The number of benzene rings is 4. The second-order valence-electron chi connectivity index (χ2n) is 10.4. The van der Waals surface area contributed by atoms with Crippen molar-refractivity contribution in [3.05, 3.63) is 195 Å². The van der Waals surface area contributed by atoms with Gasteiger partial charge in [0, 0.05) is 35.1 Å². The molecule has 0 saturated heterocycles. The van der Waals surface area contributed by atoms with E-state index < -0.39 is 0 Å². The van der Waals surface area contributed by atoms with Crippen LogP contribution >= 0.6 is 0 Å². The SMILES string of the molecule is Fc1ccc([N-]c2ccc3ccn(-c4ccccc4)c3n2)cc1.Fc1ccc([N-]c2ccc3ccn(-c4ccccc4)c3n2)cc1.[CH3-].[CH3-].[Hf+4]. The molecule has 8 aromatic rings. The molecule has 4 heterocycles. The minimum atomic E-state index is -0.273. The number of pyridine rings is 2. The van der Waals surface area contributed by atoms with Crippen LogP contribution in [-0.4, -0.2) is 19.1 Å². The first-order chi connectivity index (χ1) is 22.6. The van der Waals surface area contributed by atoms with Crippen LogP contribution in [-0.2, 0) is 25.8 Å². The number of hydrogen-bond donors (Lipinski definition) is 0. The van der Waals surface area contributed by atoms with Crippen molar-refractivity contribution in [1.29, 1.82) is 0 Å². The number of aromatic nitrogens is 4. The fraction of sp³-hybridized carbons (Fsp3) is 0. The van der Waals surface area contributed by atoms with E-state index in [1.165, 1.54) is 24.3 Å². The summed E-state index contributed by atoms with van der Waals surface area (Å²) in [7, 11) is 0. The molecule has 0 unspecified atom stereocenters. The van der Waals surface area contributed by atoms with E-state index in [0.717, 1.165) is 33.4 Å². The predicted molar refractivity (Wildman–Crippen MR) is 193 cm³/mol. The minimum Gasteiger partial charge on any atom is -0.436 e. The molecule has 6 nitrogen and oxygen atoms in total.